The van der Waals surface area contributed by atoms with Crippen LogP contribution in [0.25, 0.3) is 16.7 Å². The van der Waals surface area contributed by atoms with Crippen LogP contribution in [0.15, 0.2) is 47.4 Å². The number of primary amides is 1. The number of piperidine rings is 1. The molecule has 0 spiro atoms. The number of anilines is 1. The fourth-order valence-corrected chi connectivity index (χ4v) is 4.37. The van der Waals surface area contributed by atoms with Crippen LogP contribution < -0.4 is 11.1 Å². The van der Waals surface area contributed by atoms with Crippen LogP contribution >= 0.6 is 0 Å². The molecule has 1 aromatic heterocycles. The van der Waals surface area contributed by atoms with Gasteiger partial charge in [-0.05, 0) is 67.1 Å². The van der Waals surface area contributed by atoms with Crippen molar-refractivity contribution in [1.29, 1.82) is 0 Å². The lowest BCUT2D eigenvalue weighted by atomic mass is 9.98. The number of nitrogens with one attached hydrogen (secondary N) is 1. The molecular formula is C25H28FN3O3. The van der Waals surface area contributed by atoms with Gasteiger partial charge < -0.3 is 20.6 Å². The highest BCUT2D eigenvalue weighted by atomic mass is 19.1. The normalized spacial score (nSPS) is 16.9. The third-order valence-electron chi connectivity index (χ3n) is 5.93. The van der Waals surface area contributed by atoms with Gasteiger partial charge in [0.05, 0.1) is 5.69 Å². The van der Waals surface area contributed by atoms with Crippen molar-refractivity contribution in [2.45, 2.75) is 26.3 Å². The summed E-state index contributed by atoms with van der Waals surface area (Å²) in [5.74, 6) is -1.14. The van der Waals surface area contributed by atoms with Crippen molar-refractivity contribution < 1.29 is 18.7 Å². The number of aliphatic hydroxyl groups excluding tert-OH is 1. The number of benzene rings is 2. The zero-order valence-electron chi connectivity index (χ0n) is 18.2. The zero-order chi connectivity index (χ0) is 22.8. The van der Waals surface area contributed by atoms with E-state index in [0.29, 0.717) is 28.3 Å². The van der Waals surface area contributed by atoms with Crippen LogP contribution in [0.4, 0.5) is 10.1 Å². The van der Waals surface area contributed by atoms with Crippen molar-refractivity contribution >= 4 is 28.3 Å². The number of rotatable bonds is 7. The minimum absolute atomic E-state index is 0.0167. The quantitative estimate of drug-likeness (QED) is 0.514. The molecule has 1 unspecified atom stereocenters. The molecule has 1 atom stereocenters. The zero-order valence-corrected chi connectivity index (χ0v) is 18.2. The highest BCUT2D eigenvalue weighted by Gasteiger charge is 2.22. The Morgan fingerprint density at radius 1 is 1.38 bits per heavy atom. The summed E-state index contributed by atoms with van der Waals surface area (Å²) in [7, 11) is 0. The third kappa shape index (κ3) is 4.54. The number of hydrogen-bond acceptors (Lipinski definition) is 5. The summed E-state index contributed by atoms with van der Waals surface area (Å²) in [4.78, 5) is 14.3. The number of nitrogens with zero attached hydrogens (tertiary/aromatic N) is 1. The lowest BCUT2D eigenvalue weighted by Crippen LogP contribution is -2.36. The second kappa shape index (κ2) is 9.14. The van der Waals surface area contributed by atoms with Crippen molar-refractivity contribution in [3.63, 3.8) is 0 Å². The van der Waals surface area contributed by atoms with E-state index in [1.54, 1.807) is 13.0 Å². The highest BCUT2D eigenvalue weighted by Crippen LogP contribution is 2.35. The standard InChI is InChI=1S/C25H28FN3O3/c1-15-9-20-22(24(25(27)31)32-23(20)21(26)10-15)28-16(2)19-7-3-5-17(11-19)12-29-8-4-6-18(13-29)14-30/h3,5,7,9-11,18,28,30H,2,4,6,8,12-14H2,1H3,(H2,27,31). The van der Waals surface area contributed by atoms with Crippen LogP contribution in [0.1, 0.15) is 40.1 Å². The van der Waals surface area contributed by atoms with Crippen molar-refractivity contribution in [1.82, 2.24) is 4.90 Å². The first-order valence-corrected chi connectivity index (χ1v) is 10.8. The molecule has 0 bridgehead atoms. The summed E-state index contributed by atoms with van der Waals surface area (Å²) in [5.41, 5.74) is 8.99. The Morgan fingerprint density at radius 2 is 2.19 bits per heavy atom. The van der Waals surface area contributed by atoms with E-state index in [4.69, 9.17) is 10.2 Å². The second-order valence-electron chi connectivity index (χ2n) is 8.52. The Hall–Kier alpha value is -3.16. The van der Waals surface area contributed by atoms with Crippen LogP contribution in [0.2, 0.25) is 0 Å². The topological polar surface area (TPSA) is 91.7 Å². The minimum atomic E-state index is -0.786. The van der Waals surface area contributed by atoms with Crippen LogP contribution in [0.5, 0.6) is 0 Å². The van der Waals surface area contributed by atoms with Crippen molar-refractivity contribution in [2.75, 3.05) is 25.0 Å². The predicted molar refractivity (Wildman–Crippen MR) is 124 cm³/mol. The average molecular weight is 438 g/mol. The van der Waals surface area contributed by atoms with Crippen LogP contribution in [-0.2, 0) is 6.54 Å². The molecule has 0 saturated carbocycles. The van der Waals surface area contributed by atoms with Crippen molar-refractivity contribution in [3.8, 4) is 0 Å². The largest absolute Gasteiger partial charge is 0.446 e. The van der Waals surface area contributed by atoms with Gasteiger partial charge in [-0.2, -0.15) is 0 Å². The molecule has 4 N–H and O–H groups in total. The van der Waals surface area contributed by atoms with Gasteiger partial charge in [-0.3, -0.25) is 9.69 Å². The lowest BCUT2D eigenvalue weighted by molar-refractivity contribution is 0.0977. The summed E-state index contributed by atoms with van der Waals surface area (Å²) in [6.07, 6.45) is 2.15. The Balaban J connectivity index is 1.58. The number of carbonyl (C=O) groups excluding carboxylic acids is 1. The smallest absolute Gasteiger partial charge is 0.286 e. The van der Waals surface area contributed by atoms with Gasteiger partial charge in [-0.25, -0.2) is 4.39 Å². The third-order valence-corrected chi connectivity index (χ3v) is 5.93. The molecule has 0 radical (unpaired) electrons. The molecular weight excluding hydrogens is 409 g/mol. The fraction of sp³-hybridized carbons (Fsp3) is 0.320. The summed E-state index contributed by atoms with van der Waals surface area (Å²) in [6.45, 7) is 8.78. The Bertz CT molecular complexity index is 1170. The first-order valence-electron chi connectivity index (χ1n) is 10.8. The number of carbonyl (C=O) groups is 1. The van der Waals surface area contributed by atoms with E-state index in [1.807, 2.05) is 18.2 Å². The first kappa shape index (κ1) is 22.0. The van der Waals surface area contributed by atoms with Gasteiger partial charge in [0, 0.05) is 30.8 Å². The van der Waals surface area contributed by atoms with E-state index in [0.717, 1.165) is 43.6 Å². The Labute approximate surface area is 186 Å². The second-order valence-corrected chi connectivity index (χ2v) is 8.52. The molecule has 1 aliphatic heterocycles. The SMILES string of the molecule is C=C(Nc1c(C(N)=O)oc2c(F)cc(C)cc12)c1cccc(CN2CCCC(CO)C2)c1. The summed E-state index contributed by atoms with van der Waals surface area (Å²) in [6, 6.07) is 11.1. The van der Waals surface area contributed by atoms with Gasteiger partial charge in [0.1, 0.15) is 0 Å². The van der Waals surface area contributed by atoms with Crippen LogP contribution in [0.3, 0.4) is 0 Å². The molecule has 1 amide bonds. The molecule has 0 aliphatic carbocycles. The molecule has 2 heterocycles. The Kier molecular flexibility index (Phi) is 6.30. The molecule has 1 fully saturated rings. The van der Waals surface area contributed by atoms with E-state index in [-0.39, 0.29) is 18.0 Å². The van der Waals surface area contributed by atoms with E-state index < -0.39 is 11.7 Å². The van der Waals surface area contributed by atoms with Gasteiger partial charge in [0.15, 0.2) is 11.4 Å². The van der Waals surface area contributed by atoms with Crippen molar-refractivity contribution in [2.24, 2.45) is 11.7 Å². The fourth-order valence-electron chi connectivity index (χ4n) is 4.37. The predicted octanol–water partition coefficient (Wildman–Crippen LogP) is 4.27. The van der Waals surface area contributed by atoms with Crippen molar-refractivity contribution in [3.05, 3.63) is 71.2 Å². The number of aryl methyl sites for hydroxylation is 1. The van der Waals surface area contributed by atoms with Gasteiger partial charge in [0.25, 0.3) is 5.91 Å². The molecule has 32 heavy (non-hydrogen) atoms. The minimum Gasteiger partial charge on any atom is -0.446 e. The molecule has 6 nitrogen and oxygen atoms in total. The lowest BCUT2D eigenvalue weighted by Gasteiger charge is -2.31. The summed E-state index contributed by atoms with van der Waals surface area (Å²) >= 11 is 0. The number of hydrogen-bond donors (Lipinski definition) is 3. The van der Waals surface area contributed by atoms with E-state index in [1.165, 1.54) is 6.07 Å². The highest BCUT2D eigenvalue weighted by molar-refractivity contribution is 6.07. The van der Waals surface area contributed by atoms with E-state index in [9.17, 15) is 14.3 Å². The van der Waals surface area contributed by atoms with Gasteiger partial charge in [0.2, 0.25) is 5.76 Å². The van der Waals surface area contributed by atoms with Gasteiger partial charge in [-0.15, -0.1) is 0 Å². The van der Waals surface area contributed by atoms with Crippen LogP contribution in [0, 0.1) is 18.7 Å². The molecule has 168 valence electrons. The molecule has 7 heteroatoms. The monoisotopic (exact) mass is 437 g/mol. The number of likely N-dealkylation sites (tertiary alicyclic amines) is 1. The number of furan rings is 1. The van der Waals surface area contributed by atoms with Gasteiger partial charge >= 0.3 is 0 Å². The number of amides is 1. The number of nitrogens with two attached hydrogens (primary N) is 1. The maximum absolute atomic E-state index is 14.4. The average Bonchev–Trinajstić information content (AvgIpc) is 3.13. The number of fused-ring (bicyclic) bond motifs is 1. The first-order chi connectivity index (χ1) is 15.4. The molecule has 3 aromatic rings. The van der Waals surface area contributed by atoms with E-state index >= 15 is 0 Å². The summed E-state index contributed by atoms with van der Waals surface area (Å²) < 4.78 is 19.8. The Morgan fingerprint density at radius 3 is 2.94 bits per heavy atom. The van der Waals surface area contributed by atoms with E-state index in [2.05, 4.69) is 22.9 Å². The molecule has 1 aliphatic rings. The maximum atomic E-state index is 14.4. The summed E-state index contributed by atoms with van der Waals surface area (Å²) in [5, 5.41) is 13.0. The maximum Gasteiger partial charge on any atom is 0.286 e. The van der Waals surface area contributed by atoms with Crippen LogP contribution in [-0.4, -0.2) is 35.6 Å². The molecule has 2 aromatic carbocycles. The number of aliphatic hydroxyl groups is 1. The molecule has 1 saturated heterocycles. The number of halogens is 1. The molecule has 4 rings (SSSR count). The van der Waals surface area contributed by atoms with Gasteiger partial charge in [-0.1, -0.05) is 24.8 Å².